The third-order valence-electron chi connectivity index (χ3n) is 3.00. The Morgan fingerprint density at radius 1 is 1.09 bits per heavy atom. The van der Waals surface area contributed by atoms with Crippen molar-refractivity contribution in [1.29, 1.82) is 0 Å². The van der Waals surface area contributed by atoms with Gasteiger partial charge in [0.1, 0.15) is 5.75 Å². The van der Waals surface area contributed by atoms with Gasteiger partial charge in [-0.2, -0.15) is 0 Å². The van der Waals surface area contributed by atoms with Gasteiger partial charge in [0.15, 0.2) is 5.76 Å². The fourth-order valence-corrected chi connectivity index (χ4v) is 1.86. The average molecular weight is 302 g/mol. The van der Waals surface area contributed by atoms with E-state index in [9.17, 15) is 9.59 Å². The minimum absolute atomic E-state index is 0.0996. The van der Waals surface area contributed by atoms with Gasteiger partial charge in [-0.15, -0.1) is 0 Å². The molecule has 0 aliphatic rings. The summed E-state index contributed by atoms with van der Waals surface area (Å²) in [6.45, 7) is 0.704. The minimum Gasteiger partial charge on any atom is -0.497 e. The molecule has 2 amide bonds. The summed E-state index contributed by atoms with van der Waals surface area (Å²) in [5.41, 5.74) is 0.901. The summed E-state index contributed by atoms with van der Waals surface area (Å²) in [5, 5.41) is 5.40. The first-order valence-electron chi connectivity index (χ1n) is 6.90. The molecular formula is C16H18N2O4. The standard InChI is InChI=1S/C16H18N2O4/c1-21-13-6-4-12(5-7-13)11-15(19)17-8-9-18-16(20)14-3-2-10-22-14/h2-7,10H,8-9,11H2,1H3,(H,17,19)(H,18,20). The molecule has 116 valence electrons. The monoisotopic (exact) mass is 302 g/mol. The van der Waals surface area contributed by atoms with Crippen LogP contribution < -0.4 is 15.4 Å². The fourth-order valence-electron chi connectivity index (χ4n) is 1.86. The van der Waals surface area contributed by atoms with Gasteiger partial charge in [-0.3, -0.25) is 9.59 Å². The molecule has 0 saturated carbocycles. The molecule has 1 heterocycles. The summed E-state index contributed by atoms with van der Waals surface area (Å²) in [6, 6.07) is 10.5. The number of carbonyl (C=O) groups is 2. The van der Waals surface area contributed by atoms with Crippen LogP contribution in [0.15, 0.2) is 47.1 Å². The normalized spacial score (nSPS) is 10.0. The number of furan rings is 1. The Balaban J connectivity index is 1.66. The van der Waals surface area contributed by atoms with Crippen LogP contribution in [0.25, 0.3) is 0 Å². The number of ether oxygens (including phenoxy) is 1. The van der Waals surface area contributed by atoms with Crippen LogP contribution in [0.5, 0.6) is 5.75 Å². The van der Waals surface area contributed by atoms with Crippen LogP contribution in [0, 0.1) is 0 Å². The van der Waals surface area contributed by atoms with Gasteiger partial charge in [-0.25, -0.2) is 0 Å². The molecule has 0 spiro atoms. The molecule has 1 aromatic carbocycles. The van der Waals surface area contributed by atoms with Crippen molar-refractivity contribution in [2.24, 2.45) is 0 Å². The van der Waals surface area contributed by atoms with E-state index in [1.54, 1.807) is 19.2 Å². The molecule has 0 aliphatic heterocycles. The van der Waals surface area contributed by atoms with Crippen molar-refractivity contribution < 1.29 is 18.7 Å². The van der Waals surface area contributed by atoms with Gasteiger partial charge in [0, 0.05) is 13.1 Å². The van der Waals surface area contributed by atoms with Crippen molar-refractivity contribution in [2.45, 2.75) is 6.42 Å². The van der Waals surface area contributed by atoms with Crippen molar-refractivity contribution in [2.75, 3.05) is 20.2 Å². The number of amides is 2. The first-order chi connectivity index (χ1) is 10.7. The van der Waals surface area contributed by atoms with E-state index in [1.807, 2.05) is 24.3 Å². The molecule has 0 unspecified atom stereocenters. The smallest absolute Gasteiger partial charge is 0.287 e. The first-order valence-corrected chi connectivity index (χ1v) is 6.90. The lowest BCUT2D eigenvalue weighted by Gasteiger charge is -2.07. The minimum atomic E-state index is -0.297. The van der Waals surface area contributed by atoms with Crippen LogP contribution in [-0.2, 0) is 11.2 Å². The summed E-state index contributed by atoms with van der Waals surface area (Å²) in [5.74, 6) is 0.612. The highest BCUT2D eigenvalue weighted by atomic mass is 16.5. The number of carbonyl (C=O) groups excluding carboxylic acids is 2. The quantitative estimate of drug-likeness (QED) is 0.757. The molecule has 2 aromatic rings. The van der Waals surface area contributed by atoms with Crippen LogP contribution in [0.3, 0.4) is 0 Å². The van der Waals surface area contributed by atoms with Crippen molar-refractivity contribution in [3.8, 4) is 5.75 Å². The van der Waals surface area contributed by atoms with E-state index in [1.165, 1.54) is 6.26 Å². The van der Waals surface area contributed by atoms with Gasteiger partial charge in [0.25, 0.3) is 5.91 Å². The Labute approximate surface area is 128 Å². The maximum atomic E-state index is 11.8. The zero-order chi connectivity index (χ0) is 15.8. The molecule has 0 saturated heterocycles. The van der Waals surface area contributed by atoms with E-state index < -0.39 is 0 Å². The van der Waals surface area contributed by atoms with E-state index in [0.29, 0.717) is 13.1 Å². The molecule has 0 fully saturated rings. The molecule has 2 rings (SSSR count). The van der Waals surface area contributed by atoms with Crippen LogP contribution >= 0.6 is 0 Å². The van der Waals surface area contributed by atoms with E-state index >= 15 is 0 Å². The zero-order valence-electron chi connectivity index (χ0n) is 12.3. The van der Waals surface area contributed by atoms with E-state index in [2.05, 4.69) is 10.6 Å². The second-order valence-corrected chi connectivity index (χ2v) is 4.61. The molecule has 2 N–H and O–H groups in total. The van der Waals surface area contributed by atoms with Gasteiger partial charge in [0.05, 0.1) is 19.8 Å². The predicted octanol–water partition coefficient (Wildman–Crippen LogP) is 1.38. The van der Waals surface area contributed by atoms with Crippen LogP contribution in [0.4, 0.5) is 0 Å². The average Bonchev–Trinajstić information content (AvgIpc) is 3.06. The van der Waals surface area contributed by atoms with E-state index in [-0.39, 0.29) is 24.0 Å². The topological polar surface area (TPSA) is 80.6 Å². The SMILES string of the molecule is COc1ccc(CC(=O)NCCNC(=O)c2ccco2)cc1. The molecule has 0 aliphatic carbocycles. The molecule has 6 heteroatoms. The molecule has 0 radical (unpaired) electrons. The Morgan fingerprint density at radius 3 is 2.45 bits per heavy atom. The number of hydrogen-bond donors (Lipinski definition) is 2. The number of nitrogens with one attached hydrogen (secondary N) is 2. The lowest BCUT2D eigenvalue weighted by molar-refractivity contribution is -0.120. The number of methoxy groups -OCH3 is 1. The number of hydrogen-bond acceptors (Lipinski definition) is 4. The van der Waals surface area contributed by atoms with E-state index in [0.717, 1.165) is 11.3 Å². The Kier molecular flexibility index (Phi) is 5.59. The first kappa shape index (κ1) is 15.6. The summed E-state index contributed by atoms with van der Waals surface area (Å²) in [7, 11) is 1.60. The van der Waals surface area contributed by atoms with Crippen LogP contribution in [0.2, 0.25) is 0 Å². The molecular weight excluding hydrogens is 284 g/mol. The molecule has 22 heavy (non-hydrogen) atoms. The van der Waals surface area contributed by atoms with Crippen molar-refractivity contribution in [1.82, 2.24) is 10.6 Å². The predicted molar refractivity (Wildman–Crippen MR) is 80.7 cm³/mol. The van der Waals surface area contributed by atoms with Crippen molar-refractivity contribution in [3.05, 3.63) is 54.0 Å². The maximum Gasteiger partial charge on any atom is 0.287 e. The Hall–Kier alpha value is -2.76. The Bertz CT molecular complexity index is 606. The van der Waals surface area contributed by atoms with Crippen molar-refractivity contribution >= 4 is 11.8 Å². The molecule has 0 atom stereocenters. The van der Waals surface area contributed by atoms with Crippen molar-refractivity contribution in [3.63, 3.8) is 0 Å². The third-order valence-corrected chi connectivity index (χ3v) is 3.00. The molecule has 0 bridgehead atoms. The summed E-state index contributed by atoms with van der Waals surface area (Å²) < 4.78 is 10.0. The van der Waals surface area contributed by atoms with Gasteiger partial charge in [-0.05, 0) is 29.8 Å². The number of benzene rings is 1. The number of rotatable bonds is 7. The summed E-state index contributed by atoms with van der Waals surface area (Å²) in [4.78, 5) is 23.3. The zero-order valence-corrected chi connectivity index (χ0v) is 12.3. The highest BCUT2D eigenvalue weighted by Crippen LogP contribution is 2.11. The van der Waals surface area contributed by atoms with Gasteiger partial charge >= 0.3 is 0 Å². The van der Waals surface area contributed by atoms with Gasteiger partial charge in [-0.1, -0.05) is 12.1 Å². The van der Waals surface area contributed by atoms with E-state index in [4.69, 9.17) is 9.15 Å². The lowest BCUT2D eigenvalue weighted by atomic mass is 10.1. The van der Waals surface area contributed by atoms with Crippen LogP contribution in [0.1, 0.15) is 16.1 Å². The fraction of sp³-hybridized carbons (Fsp3) is 0.250. The highest BCUT2D eigenvalue weighted by Gasteiger charge is 2.07. The Morgan fingerprint density at radius 2 is 1.82 bits per heavy atom. The van der Waals surface area contributed by atoms with Crippen LogP contribution in [-0.4, -0.2) is 32.0 Å². The second-order valence-electron chi connectivity index (χ2n) is 4.61. The lowest BCUT2D eigenvalue weighted by Crippen LogP contribution is -2.35. The maximum absolute atomic E-state index is 11.8. The molecule has 1 aromatic heterocycles. The summed E-state index contributed by atoms with van der Waals surface area (Å²) >= 11 is 0. The largest absolute Gasteiger partial charge is 0.497 e. The molecule has 6 nitrogen and oxygen atoms in total. The summed E-state index contributed by atoms with van der Waals surface area (Å²) in [6.07, 6.45) is 1.72. The second kappa shape index (κ2) is 7.87. The third kappa shape index (κ3) is 4.66. The van der Waals surface area contributed by atoms with Gasteiger partial charge in [0.2, 0.25) is 5.91 Å². The highest BCUT2D eigenvalue weighted by molar-refractivity contribution is 5.91. The van der Waals surface area contributed by atoms with Gasteiger partial charge < -0.3 is 19.8 Å².